The number of benzene rings is 1. The van der Waals surface area contributed by atoms with Gasteiger partial charge in [-0.2, -0.15) is 0 Å². The van der Waals surface area contributed by atoms with Crippen molar-refractivity contribution in [2.45, 2.75) is 58.2 Å². The van der Waals surface area contributed by atoms with Gasteiger partial charge in [0.05, 0.1) is 6.26 Å². The van der Waals surface area contributed by atoms with Gasteiger partial charge in [0.15, 0.2) is 0 Å². The van der Waals surface area contributed by atoms with E-state index in [1.165, 1.54) is 12.0 Å². The fraction of sp³-hybridized carbons (Fsp3) is 0.529. The lowest BCUT2D eigenvalue weighted by Crippen LogP contribution is -2.39. The van der Waals surface area contributed by atoms with E-state index in [1.54, 1.807) is 0 Å². The predicted octanol–water partition coefficient (Wildman–Crippen LogP) is 5.54. The Morgan fingerprint density at radius 2 is 1.74 bits per heavy atom. The summed E-state index contributed by atoms with van der Waals surface area (Å²) in [5, 5.41) is 0.279. The second kappa shape index (κ2) is 6.95. The molecule has 1 nitrogen and oxygen atoms in total. The molecule has 1 aromatic carbocycles. The zero-order valence-corrected chi connectivity index (χ0v) is 14.1. The van der Waals surface area contributed by atoms with Crippen molar-refractivity contribution in [3.63, 3.8) is 0 Å². The standard InChI is InChI=1S/C17H28OSi/c1-17(2,3)19(4,5)18-15-11-7-10-14-16-12-8-6-9-13-16/h6,8-9,11-13,15H,7,10,14H2,1-5H3/b15-11-. The van der Waals surface area contributed by atoms with Crippen LogP contribution in [0.25, 0.3) is 0 Å². The van der Waals surface area contributed by atoms with Crippen LogP contribution >= 0.6 is 0 Å². The molecular formula is C17H28OSi. The van der Waals surface area contributed by atoms with Gasteiger partial charge in [-0.3, -0.25) is 0 Å². The highest BCUT2D eigenvalue weighted by Crippen LogP contribution is 2.36. The Balaban J connectivity index is 2.25. The third-order valence-electron chi connectivity index (χ3n) is 3.94. The molecule has 2 heteroatoms. The monoisotopic (exact) mass is 276 g/mol. The minimum Gasteiger partial charge on any atom is -0.549 e. The number of hydrogen-bond donors (Lipinski definition) is 0. The van der Waals surface area contributed by atoms with Crippen LogP contribution in [-0.2, 0) is 10.8 Å². The van der Waals surface area contributed by atoms with Crippen LogP contribution in [0.15, 0.2) is 42.7 Å². The van der Waals surface area contributed by atoms with Crippen LogP contribution < -0.4 is 0 Å². The first-order valence-corrected chi connectivity index (χ1v) is 10.1. The van der Waals surface area contributed by atoms with Crippen molar-refractivity contribution in [2.75, 3.05) is 0 Å². The van der Waals surface area contributed by atoms with Gasteiger partial charge in [0.2, 0.25) is 8.32 Å². The molecule has 0 aliphatic carbocycles. The van der Waals surface area contributed by atoms with Crippen LogP contribution in [0.4, 0.5) is 0 Å². The number of hydrogen-bond acceptors (Lipinski definition) is 1. The molecule has 0 unspecified atom stereocenters. The van der Waals surface area contributed by atoms with E-state index in [4.69, 9.17) is 4.43 Å². The van der Waals surface area contributed by atoms with E-state index in [9.17, 15) is 0 Å². The van der Waals surface area contributed by atoms with E-state index in [-0.39, 0.29) is 5.04 Å². The highest BCUT2D eigenvalue weighted by Gasteiger charge is 2.37. The quantitative estimate of drug-likeness (QED) is 0.376. The third kappa shape index (κ3) is 5.64. The summed E-state index contributed by atoms with van der Waals surface area (Å²) in [5.74, 6) is 0. The van der Waals surface area contributed by atoms with Crippen molar-refractivity contribution in [3.05, 3.63) is 48.2 Å². The second-order valence-electron chi connectivity index (χ2n) is 6.63. The Hall–Kier alpha value is -1.02. The Bertz CT molecular complexity index is 387. The molecule has 0 amide bonds. The fourth-order valence-electron chi connectivity index (χ4n) is 1.53. The molecule has 106 valence electrons. The maximum absolute atomic E-state index is 6.00. The van der Waals surface area contributed by atoms with Gasteiger partial charge in [-0.25, -0.2) is 0 Å². The molecule has 0 N–H and O–H groups in total. The van der Waals surface area contributed by atoms with Crippen LogP contribution in [0, 0.1) is 0 Å². The van der Waals surface area contributed by atoms with Crippen molar-refractivity contribution in [1.29, 1.82) is 0 Å². The van der Waals surface area contributed by atoms with Gasteiger partial charge >= 0.3 is 0 Å². The molecular weight excluding hydrogens is 248 g/mol. The molecule has 0 aromatic heterocycles. The van der Waals surface area contributed by atoms with E-state index < -0.39 is 8.32 Å². The summed E-state index contributed by atoms with van der Waals surface area (Å²) in [4.78, 5) is 0. The highest BCUT2D eigenvalue weighted by atomic mass is 28.4. The topological polar surface area (TPSA) is 9.23 Å². The van der Waals surface area contributed by atoms with Crippen molar-refractivity contribution in [2.24, 2.45) is 0 Å². The van der Waals surface area contributed by atoms with Crippen molar-refractivity contribution in [3.8, 4) is 0 Å². The van der Waals surface area contributed by atoms with E-state index >= 15 is 0 Å². The Morgan fingerprint density at radius 3 is 2.32 bits per heavy atom. The van der Waals surface area contributed by atoms with Crippen LogP contribution in [0.5, 0.6) is 0 Å². The molecule has 0 aliphatic heterocycles. The Morgan fingerprint density at radius 1 is 1.11 bits per heavy atom. The summed E-state index contributed by atoms with van der Waals surface area (Å²) in [6.45, 7) is 11.4. The van der Waals surface area contributed by atoms with E-state index in [1.807, 2.05) is 6.26 Å². The average Bonchev–Trinajstić information content (AvgIpc) is 2.33. The SMILES string of the molecule is CC(C)(C)[Si](C)(C)O/C=C\CCCc1ccccc1. The minimum absolute atomic E-state index is 0.279. The lowest BCUT2D eigenvalue weighted by atomic mass is 10.1. The molecule has 0 heterocycles. The number of rotatable bonds is 6. The average molecular weight is 276 g/mol. The second-order valence-corrected chi connectivity index (χ2v) is 11.4. The van der Waals surface area contributed by atoms with Crippen LogP contribution in [0.3, 0.4) is 0 Å². The van der Waals surface area contributed by atoms with Gasteiger partial charge < -0.3 is 4.43 Å². The lowest BCUT2D eigenvalue weighted by molar-refractivity contribution is 0.428. The summed E-state index contributed by atoms with van der Waals surface area (Å²) >= 11 is 0. The van der Waals surface area contributed by atoms with Crippen LogP contribution in [0.2, 0.25) is 18.1 Å². The van der Waals surface area contributed by atoms with Crippen LogP contribution in [-0.4, -0.2) is 8.32 Å². The van der Waals surface area contributed by atoms with E-state index in [2.05, 4.69) is 70.3 Å². The summed E-state index contributed by atoms with van der Waals surface area (Å²) < 4.78 is 6.00. The van der Waals surface area contributed by atoms with Gasteiger partial charge in [-0.05, 0) is 43.0 Å². The maximum Gasteiger partial charge on any atom is 0.249 e. The third-order valence-corrected chi connectivity index (χ3v) is 8.28. The number of unbranched alkanes of at least 4 members (excludes halogenated alkanes) is 1. The molecule has 0 saturated heterocycles. The van der Waals surface area contributed by atoms with E-state index in [0.717, 1.165) is 12.8 Å². The predicted molar refractivity (Wildman–Crippen MR) is 86.8 cm³/mol. The highest BCUT2D eigenvalue weighted by molar-refractivity contribution is 6.74. The van der Waals surface area contributed by atoms with Crippen molar-refractivity contribution >= 4 is 8.32 Å². The molecule has 0 atom stereocenters. The molecule has 0 bridgehead atoms. The maximum atomic E-state index is 6.00. The molecule has 19 heavy (non-hydrogen) atoms. The molecule has 0 fully saturated rings. The summed E-state index contributed by atoms with van der Waals surface area (Å²) in [6, 6.07) is 10.7. The van der Waals surface area contributed by atoms with Crippen molar-refractivity contribution in [1.82, 2.24) is 0 Å². The minimum atomic E-state index is -1.62. The van der Waals surface area contributed by atoms with Gasteiger partial charge in [0.25, 0.3) is 0 Å². The molecule has 0 radical (unpaired) electrons. The molecule has 0 spiro atoms. The van der Waals surface area contributed by atoms with Gasteiger partial charge in [0, 0.05) is 0 Å². The zero-order valence-electron chi connectivity index (χ0n) is 13.1. The Labute approximate surface area is 119 Å². The zero-order chi connectivity index (χ0) is 14.4. The first kappa shape index (κ1) is 16.0. The number of allylic oxidation sites excluding steroid dienone is 1. The summed E-state index contributed by atoms with van der Waals surface area (Å²) in [7, 11) is -1.62. The van der Waals surface area contributed by atoms with Gasteiger partial charge in [-0.15, -0.1) is 0 Å². The van der Waals surface area contributed by atoms with E-state index in [0.29, 0.717) is 0 Å². The van der Waals surface area contributed by atoms with Crippen molar-refractivity contribution < 1.29 is 4.43 Å². The number of aryl methyl sites for hydroxylation is 1. The summed E-state index contributed by atoms with van der Waals surface area (Å²) in [6.07, 6.45) is 7.52. The molecule has 0 aliphatic rings. The van der Waals surface area contributed by atoms with Gasteiger partial charge in [0.1, 0.15) is 0 Å². The largest absolute Gasteiger partial charge is 0.549 e. The summed E-state index contributed by atoms with van der Waals surface area (Å²) in [5.41, 5.74) is 1.42. The van der Waals surface area contributed by atoms with Crippen LogP contribution in [0.1, 0.15) is 39.2 Å². The Kier molecular flexibility index (Phi) is 5.86. The first-order chi connectivity index (χ1) is 8.83. The van der Waals surface area contributed by atoms with Gasteiger partial charge in [-0.1, -0.05) is 57.2 Å². The normalized spacial score (nSPS) is 12.9. The molecule has 0 saturated carbocycles. The lowest BCUT2D eigenvalue weighted by Gasteiger charge is -2.34. The molecule has 1 aromatic rings. The first-order valence-electron chi connectivity index (χ1n) is 7.20. The fourth-order valence-corrected chi connectivity index (χ4v) is 2.32. The smallest absolute Gasteiger partial charge is 0.249 e. The molecule has 1 rings (SSSR count).